The van der Waals surface area contributed by atoms with Gasteiger partial charge < -0.3 is 24.9 Å². The fourth-order valence-corrected chi connectivity index (χ4v) is 4.45. The molecule has 0 saturated carbocycles. The Labute approximate surface area is 209 Å². The number of primary amides is 1. The van der Waals surface area contributed by atoms with Crippen LogP contribution in [0.5, 0.6) is 23.0 Å². The van der Waals surface area contributed by atoms with E-state index in [0.29, 0.717) is 57.3 Å². The Hall–Kier alpha value is -4.33. The van der Waals surface area contributed by atoms with Crippen LogP contribution in [-0.4, -0.2) is 30.1 Å². The molecule has 0 saturated heterocycles. The van der Waals surface area contributed by atoms with Crippen LogP contribution in [0.25, 0.3) is 22.3 Å². The van der Waals surface area contributed by atoms with E-state index in [0.717, 1.165) is 22.3 Å². The Kier molecular flexibility index (Phi) is 6.70. The number of hydrogen-bond donors (Lipinski definition) is 2. The highest BCUT2D eigenvalue weighted by Gasteiger charge is 2.20. The van der Waals surface area contributed by atoms with Gasteiger partial charge in [0.1, 0.15) is 34.2 Å². The summed E-state index contributed by atoms with van der Waals surface area (Å²) in [4.78, 5) is 32.6. The van der Waals surface area contributed by atoms with Crippen LogP contribution in [0.15, 0.2) is 41.2 Å². The van der Waals surface area contributed by atoms with Crippen LogP contribution in [0.1, 0.15) is 39.5 Å². The average molecular weight is 488 g/mol. The fourth-order valence-electron chi connectivity index (χ4n) is 4.45. The number of benzene rings is 3. The van der Waals surface area contributed by atoms with Crippen LogP contribution >= 0.6 is 0 Å². The lowest BCUT2D eigenvalue weighted by atomic mass is 10.00. The maximum Gasteiger partial charge on any atom is 0.262 e. The number of H-pyrrole nitrogens is 1. The van der Waals surface area contributed by atoms with Crippen molar-refractivity contribution in [3.63, 3.8) is 0 Å². The van der Waals surface area contributed by atoms with Crippen LogP contribution in [0.3, 0.4) is 0 Å². The van der Waals surface area contributed by atoms with Crippen molar-refractivity contribution in [3.8, 4) is 34.4 Å². The van der Waals surface area contributed by atoms with Crippen LogP contribution in [0, 0.1) is 20.8 Å². The second kappa shape index (κ2) is 9.73. The fraction of sp³-hybridized carbons (Fsp3) is 0.250. The van der Waals surface area contributed by atoms with E-state index in [1.54, 1.807) is 25.3 Å². The predicted molar refractivity (Wildman–Crippen MR) is 140 cm³/mol. The third-order valence-corrected chi connectivity index (χ3v) is 6.25. The van der Waals surface area contributed by atoms with E-state index in [-0.39, 0.29) is 5.56 Å². The Morgan fingerprint density at radius 2 is 1.67 bits per heavy atom. The summed E-state index contributed by atoms with van der Waals surface area (Å²) in [6, 6.07) is 10.7. The zero-order valence-electron chi connectivity index (χ0n) is 21.2. The van der Waals surface area contributed by atoms with Gasteiger partial charge in [0.25, 0.3) is 11.5 Å². The van der Waals surface area contributed by atoms with E-state index in [4.69, 9.17) is 19.9 Å². The summed E-state index contributed by atoms with van der Waals surface area (Å²) in [5, 5.41) is 0.348. The number of nitrogens with one attached hydrogen (secondary N) is 1. The summed E-state index contributed by atoms with van der Waals surface area (Å²) in [6.45, 7) is 7.80. The first-order valence-electron chi connectivity index (χ1n) is 11.6. The van der Waals surface area contributed by atoms with Gasteiger partial charge in [-0.25, -0.2) is 4.98 Å². The molecule has 186 valence electrons. The van der Waals surface area contributed by atoms with E-state index >= 15 is 0 Å². The molecule has 3 aromatic carbocycles. The number of aryl methyl sites for hydroxylation is 3. The molecule has 0 aliphatic rings. The third kappa shape index (κ3) is 4.37. The lowest BCUT2D eigenvalue weighted by molar-refractivity contribution is 0.0998. The zero-order chi connectivity index (χ0) is 26.1. The number of rotatable bonds is 7. The SMILES string of the molecule is CCc1c(C)ccc(C(N)=O)c1Oc1c(C)cc(-c2nc3cc(OC)cc(OC)c3c(=O)[nH]2)cc1C. The molecule has 0 radical (unpaired) electrons. The van der Waals surface area contributed by atoms with Gasteiger partial charge in [0.15, 0.2) is 0 Å². The van der Waals surface area contributed by atoms with Gasteiger partial charge in [0.2, 0.25) is 0 Å². The van der Waals surface area contributed by atoms with Crippen molar-refractivity contribution >= 4 is 16.8 Å². The molecule has 0 atom stereocenters. The number of fused-ring (bicyclic) bond motifs is 1. The van der Waals surface area contributed by atoms with Gasteiger partial charge in [-0.3, -0.25) is 9.59 Å². The summed E-state index contributed by atoms with van der Waals surface area (Å²) < 4.78 is 17.1. The number of aromatic amines is 1. The molecule has 8 nitrogen and oxygen atoms in total. The zero-order valence-corrected chi connectivity index (χ0v) is 21.2. The number of carbonyl (C=O) groups is 1. The van der Waals surface area contributed by atoms with Gasteiger partial charge >= 0.3 is 0 Å². The first-order chi connectivity index (χ1) is 17.2. The van der Waals surface area contributed by atoms with Crippen LogP contribution in [0.2, 0.25) is 0 Å². The first-order valence-corrected chi connectivity index (χ1v) is 11.6. The second-order valence-corrected chi connectivity index (χ2v) is 8.64. The number of methoxy groups -OCH3 is 2. The van der Waals surface area contributed by atoms with Crippen molar-refractivity contribution in [1.29, 1.82) is 0 Å². The topological polar surface area (TPSA) is 117 Å². The van der Waals surface area contributed by atoms with Crippen molar-refractivity contribution in [2.75, 3.05) is 14.2 Å². The molecule has 0 fully saturated rings. The number of ether oxygens (including phenoxy) is 3. The number of nitrogens with zero attached hydrogens (tertiary/aromatic N) is 1. The molecule has 1 aromatic heterocycles. The highest BCUT2D eigenvalue weighted by atomic mass is 16.5. The number of carbonyl (C=O) groups excluding carboxylic acids is 1. The van der Waals surface area contributed by atoms with Crippen molar-refractivity contribution in [2.24, 2.45) is 5.73 Å². The highest BCUT2D eigenvalue weighted by molar-refractivity contribution is 5.96. The van der Waals surface area contributed by atoms with E-state index in [2.05, 4.69) is 9.97 Å². The number of nitrogens with two attached hydrogens (primary N) is 1. The molecule has 36 heavy (non-hydrogen) atoms. The molecule has 4 aromatic rings. The minimum absolute atomic E-state index is 0.316. The standard InChI is InChI=1S/C28H29N3O5/c1-7-19-14(2)8-9-20(26(29)32)25(19)36-24-15(3)10-17(11-16(24)4)27-30-21-12-18(34-5)13-22(35-6)23(21)28(33)31-27/h8-13H,7H2,1-6H3,(H2,29,32)(H,30,31,33). The Balaban J connectivity index is 1.83. The van der Waals surface area contributed by atoms with Crippen molar-refractivity contribution < 1.29 is 19.0 Å². The summed E-state index contributed by atoms with van der Waals surface area (Å²) in [5.74, 6) is 1.87. The van der Waals surface area contributed by atoms with Crippen LogP contribution in [0.4, 0.5) is 0 Å². The van der Waals surface area contributed by atoms with Crippen molar-refractivity contribution in [1.82, 2.24) is 9.97 Å². The normalized spacial score (nSPS) is 10.9. The molecular formula is C28H29N3O5. The molecule has 4 rings (SSSR count). The van der Waals surface area contributed by atoms with Gasteiger partial charge in [-0.2, -0.15) is 0 Å². The first kappa shape index (κ1) is 24.8. The van der Waals surface area contributed by atoms with Gasteiger partial charge in [0, 0.05) is 17.7 Å². The summed E-state index contributed by atoms with van der Waals surface area (Å²) in [5.41, 5.74) is 10.4. The number of aromatic nitrogens is 2. The van der Waals surface area contributed by atoms with E-state index in [9.17, 15) is 9.59 Å². The van der Waals surface area contributed by atoms with Gasteiger partial charge in [-0.1, -0.05) is 13.0 Å². The number of amides is 1. The van der Waals surface area contributed by atoms with Crippen LogP contribution < -0.4 is 25.5 Å². The van der Waals surface area contributed by atoms with E-state index in [1.807, 2.05) is 45.9 Å². The van der Waals surface area contributed by atoms with Gasteiger partial charge in [-0.05, 0) is 67.6 Å². The molecule has 0 unspecified atom stereocenters. The number of hydrogen-bond acceptors (Lipinski definition) is 6. The van der Waals surface area contributed by atoms with E-state index < -0.39 is 5.91 Å². The predicted octanol–water partition coefficient (Wildman–Crippen LogP) is 4.99. The maximum atomic E-state index is 12.9. The average Bonchev–Trinajstić information content (AvgIpc) is 2.84. The quantitative estimate of drug-likeness (QED) is 0.379. The highest BCUT2D eigenvalue weighted by Crippen LogP contribution is 2.37. The summed E-state index contributed by atoms with van der Waals surface area (Å²) >= 11 is 0. The minimum atomic E-state index is -0.546. The second-order valence-electron chi connectivity index (χ2n) is 8.64. The maximum absolute atomic E-state index is 12.9. The van der Waals surface area contributed by atoms with Gasteiger partial charge in [0.05, 0.1) is 25.3 Å². The third-order valence-electron chi connectivity index (χ3n) is 6.25. The summed E-state index contributed by atoms with van der Waals surface area (Å²) in [6.07, 6.45) is 0.688. The Morgan fingerprint density at radius 3 is 2.25 bits per heavy atom. The van der Waals surface area contributed by atoms with Crippen molar-refractivity contribution in [3.05, 3.63) is 74.6 Å². The molecule has 1 amide bonds. The monoisotopic (exact) mass is 487 g/mol. The van der Waals surface area contributed by atoms with Gasteiger partial charge in [-0.15, -0.1) is 0 Å². The minimum Gasteiger partial charge on any atom is -0.497 e. The Morgan fingerprint density at radius 1 is 0.972 bits per heavy atom. The van der Waals surface area contributed by atoms with Crippen molar-refractivity contribution in [2.45, 2.75) is 34.1 Å². The molecular weight excluding hydrogens is 458 g/mol. The van der Waals surface area contributed by atoms with Crippen LogP contribution in [-0.2, 0) is 6.42 Å². The van der Waals surface area contributed by atoms with E-state index in [1.165, 1.54) is 7.11 Å². The smallest absolute Gasteiger partial charge is 0.262 e. The largest absolute Gasteiger partial charge is 0.497 e. The lowest BCUT2D eigenvalue weighted by Crippen LogP contribution is -2.14. The molecule has 0 aliphatic heterocycles. The Bertz CT molecular complexity index is 1530. The molecule has 0 spiro atoms. The molecule has 8 heteroatoms. The molecule has 0 aliphatic carbocycles. The molecule has 1 heterocycles. The summed E-state index contributed by atoms with van der Waals surface area (Å²) in [7, 11) is 3.04. The lowest BCUT2D eigenvalue weighted by Gasteiger charge is -2.19. The molecule has 0 bridgehead atoms. The molecule has 3 N–H and O–H groups in total.